The fourth-order valence-electron chi connectivity index (χ4n) is 3.16. The number of amides is 1. The Balaban J connectivity index is 1.81. The van der Waals surface area contributed by atoms with E-state index in [1.807, 2.05) is 31.2 Å². The van der Waals surface area contributed by atoms with Gasteiger partial charge in [0.15, 0.2) is 0 Å². The number of aryl methyl sites for hydroxylation is 1. The van der Waals surface area contributed by atoms with Crippen molar-refractivity contribution in [3.8, 4) is 0 Å². The summed E-state index contributed by atoms with van der Waals surface area (Å²) in [6.45, 7) is 2.84. The molecule has 23 heavy (non-hydrogen) atoms. The molecule has 1 unspecified atom stereocenters. The van der Waals surface area contributed by atoms with Gasteiger partial charge in [0.2, 0.25) is 0 Å². The number of nitrogens with one attached hydrogen (secondary N) is 1. The number of β-amino-alcohol motifs (C(OH)–C–C–N with tert-alkyl or cyclic N) is 1. The van der Waals surface area contributed by atoms with Crippen LogP contribution < -0.4 is 5.32 Å². The quantitative estimate of drug-likeness (QED) is 0.912. The number of anilines is 1. The lowest BCUT2D eigenvalue weighted by atomic mass is 9.89. The lowest BCUT2D eigenvalue weighted by molar-refractivity contribution is 0.0412. The van der Waals surface area contributed by atoms with Gasteiger partial charge in [-0.25, -0.2) is 4.98 Å². The van der Waals surface area contributed by atoms with E-state index in [1.165, 1.54) is 0 Å². The second kappa shape index (κ2) is 6.01. The van der Waals surface area contributed by atoms with Crippen LogP contribution in [0.4, 0.5) is 5.82 Å². The van der Waals surface area contributed by atoms with E-state index < -0.39 is 5.60 Å². The molecule has 2 heterocycles. The molecule has 1 amide bonds. The van der Waals surface area contributed by atoms with E-state index in [0.29, 0.717) is 30.9 Å². The fraction of sp³-hybridized carbons (Fsp3) is 0.333. The van der Waals surface area contributed by atoms with Crippen molar-refractivity contribution in [3.05, 3.63) is 59.3 Å². The van der Waals surface area contributed by atoms with Gasteiger partial charge < -0.3 is 15.3 Å². The summed E-state index contributed by atoms with van der Waals surface area (Å²) in [4.78, 5) is 18.5. The van der Waals surface area contributed by atoms with Crippen LogP contribution >= 0.6 is 0 Å². The van der Waals surface area contributed by atoms with Gasteiger partial charge in [0.05, 0.1) is 6.54 Å². The summed E-state index contributed by atoms with van der Waals surface area (Å²) in [5.41, 5.74) is 1.56. The van der Waals surface area contributed by atoms with Crippen molar-refractivity contribution >= 4 is 11.7 Å². The van der Waals surface area contributed by atoms with Crippen LogP contribution in [0.25, 0.3) is 0 Å². The van der Waals surface area contributed by atoms with Gasteiger partial charge in [-0.15, -0.1) is 0 Å². The molecule has 0 aliphatic carbocycles. The molecule has 1 aromatic carbocycles. The summed E-state index contributed by atoms with van der Waals surface area (Å²) in [6.07, 6.45) is 2.16. The van der Waals surface area contributed by atoms with Crippen molar-refractivity contribution < 1.29 is 9.90 Å². The van der Waals surface area contributed by atoms with Gasteiger partial charge in [-0.1, -0.05) is 24.3 Å². The first-order valence-corrected chi connectivity index (χ1v) is 7.75. The van der Waals surface area contributed by atoms with Crippen LogP contribution in [0.1, 0.15) is 27.9 Å². The average molecular weight is 311 g/mol. The highest BCUT2D eigenvalue weighted by Crippen LogP contribution is 2.34. The van der Waals surface area contributed by atoms with Crippen LogP contribution in [0.3, 0.4) is 0 Å². The second-order valence-corrected chi connectivity index (χ2v) is 6.00. The van der Waals surface area contributed by atoms with Crippen molar-refractivity contribution in [1.29, 1.82) is 0 Å². The van der Waals surface area contributed by atoms with Crippen molar-refractivity contribution in [3.63, 3.8) is 0 Å². The van der Waals surface area contributed by atoms with E-state index in [0.717, 1.165) is 11.1 Å². The zero-order valence-electron chi connectivity index (χ0n) is 13.4. The van der Waals surface area contributed by atoms with Gasteiger partial charge in [-0.3, -0.25) is 4.79 Å². The first-order chi connectivity index (χ1) is 11.0. The third kappa shape index (κ3) is 2.92. The second-order valence-electron chi connectivity index (χ2n) is 6.00. The summed E-state index contributed by atoms with van der Waals surface area (Å²) >= 11 is 0. The molecular weight excluding hydrogens is 290 g/mol. The van der Waals surface area contributed by atoms with Gasteiger partial charge in [0.1, 0.15) is 11.4 Å². The van der Waals surface area contributed by atoms with E-state index in [2.05, 4.69) is 10.3 Å². The monoisotopic (exact) mass is 311 g/mol. The standard InChI is InChI=1S/C18H21N3O2/c1-13-5-3-4-6-15(13)18(23)8-10-21(12-18)17(22)14-7-9-20-16(11-14)19-2/h3-7,9,11,23H,8,10,12H2,1-2H3,(H,19,20). The molecule has 1 saturated heterocycles. The number of carbonyl (C=O) groups is 1. The van der Waals surface area contributed by atoms with Crippen molar-refractivity contribution in [1.82, 2.24) is 9.88 Å². The Kier molecular flexibility index (Phi) is 4.05. The maximum atomic E-state index is 12.7. The molecule has 1 atom stereocenters. The lowest BCUT2D eigenvalue weighted by Crippen LogP contribution is -2.34. The van der Waals surface area contributed by atoms with Crippen molar-refractivity contribution in [2.75, 3.05) is 25.5 Å². The number of nitrogens with zero attached hydrogens (tertiary/aromatic N) is 2. The highest BCUT2D eigenvalue weighted by Gasteiger charge is 2.40. The molecule has 120 valence electrons. The van der Waals surface area contributed by atoms with Gasteiger partial charge in [0.25, 0.3) is 5.91 Å². The zero-order valence-corrected chi connectivity index (χ0v) is 13.4. The van der Waals surface area contributed by atoms with Gasteiger partial charge >= 0.3 is 0 Å². The Labute approximate surface area is 136 Å². The molecule has 0 bridgehead atoms. The number of carbonyl (C=O) groups excluding carboxylic acids is 1. The minimum atomic E-state index is -0.972. The number of benzene rings is 1. The van der Waals surface area contributed by atoms with E-state index in [9.17, 15) is 9.90 Å². The average Bonchev–Trinajstić information content (AvgIpc) is 2.98. The first-order valence-electron chi connectivity index (χ1n) is 7.75. The van der Waals surface area contributed by atoms with Crippen molar-refractivity contribution in [2.24, 2.45) is 0 Å². The minimum Gasteiger partial charge on any atom is -0.383 e. The topological polar surface area (TPSA) is 65.5 Å². The maximum absolute atomic E-state index is 12.7. The molecule has 5 heteroatoms. The SMILES string of the molecule is CNc1cc(C(=O)N2CCC(O)(c3ccccc3C)C2)ccn1. The Morgan fingerprint density at radius 3 is 2.87 bits per heavy atom. The van der Waals surface area contributed by atoms with Gasteiger partial charge in [-0.05, 0) is 36.6 Å². The van der Waals surface area contributed by atoms with E-state index in [1.54, 1.807) is 30.3 Å². The smallest absolute Gasteiger partial charge is 0.254 e. The Hall–Kier alpha value is -2.40. The number of rotatable bonds is 3. The summed E-state index contributed by atoms with van der Waals surface area (Å²) in [5.74, 6) is 0.581. The number of aliphatic hydroxyl groups is 1. The Morgan fingerprint density at radius 1 is 1.35 bits per heavy atom. The summed E-state index contributed by atoms with van der Waals surface area (Å²) in [5, 5.41) is 13.9. The third-order valence-electron chi connectivity index (χ3n) is 4.44. The largest absolute Gasteiger partial charge is 0.383 e. The van der Waals surface area contributed by atoms with Crippen LogP contribution in [0.5, 0.6) is 0 Å². The molecular formula is C18H21N3O2. The van der Waals surface area contributed by atoms with Gasteiger partial charge in [0, 0.05) is 25.4 Å². The predicted molar refractivity (Wildman–Crippen MR) is 89.4 cm³/mol. The number of likely N-dealkylation sites (tertiary alicyclic amines) is 1. The van der Waals surface area contributed by atoms with E-state index >= 15 is 0 Å². The molecule has 2 aromatic rings. The number of aromatic nitrogens is 1. The third-order valence-corrected chi connectivity index (χ3v) is 4.44. The maximum Gasteiger partial charge on any atom is 0.254 e. The number of pyridine rings is 1. The molecule has 1 aliphatic heterocycles. The predicted octanol–water partition coefficient (Wildman–Crippen LogP) is 2.17. The van der Waals surface area contributed by atoms with Crippen LogP contribution in [-0.4, -0.2) is 41.0 Å². The first kappa shape index (κ1) is 15.5. The number of hydrogen-bond donors (Lipinski definition) is 2. The Morgan fingerprint density at radius 2 is 2.13 bits per heavy atom. The summed E-state index contributed by atoms with van der Waals surface area (Å²) < 4.78 is 0. The molecule has 5 nitrogen and oxygen atoms in total. The molecule has 1 fully saturated rings. The summed E-state index contributed by atoms with van der Waals surface area (Å²) in [6, 6.07) is 11.2. The highest BCUT2D eigenvalue weighted by atomic mass is 16.3. The summed E-state index contributed by atoms with van der Waals surface area (Å²) in [7, 11) is 1.77. The molecule has 0 radical (unpaired) electrons. The van der Waals surface area contributed by atoms with Crippen LogP contribution in [0.2, 0.25) is 0 Å². The fourth-order valence-corrected chi connectivity index (χ4v) is 3.16. The van der Waals surface area contributed by atoms with Crippen LogP contribution in [0, 0.1) is 6.92 Å². The molecule has 3 rings (SSSR count). The normalized spacial score (nSPS) is 20.6. The molecule has 1 aliphatic rings. The Bertz CT molecular complexity index is 732. The zero-order chi connectivity index (χ0) is 16.4. The molecule has 2 N–H and O–H groups in total. The minimum absolute atomic E-state index is 0.0755. The highest BCUT2D eigenvalue weighted by molar-refractivity contribution is 5.95. The van der Waals surface area contributed by atoms with Crippen LogP contribution in [-0.2, 0) is 5.60 Å². The van der Waals surface area contributed by atoms with Gasteiger partial charge in [-0.2, -0.15) is 0 Å². The lowest BCUT2D eigenvalue weighted by Gasteiger charge is -2.25. The molecule has 1 aromatic heterocycles. The molecule has 0 spiro atoms. The number of hydrogen-bond acceptors (Lipinski definition) is 4. The molecule has 0 saturated carbocycles. The van der Waals surface area contributed by atoms with E-state index in [4.69, 9.17) is 0 Å². The van der Waals surface area contributed by atoms with E-state index in [-0.39, 0.29) is 5.91 Å². The van der Waals surface area contributed by atoms with Crippen molar-refractivity contribution in [2.45, 2.75) is 18.9 Å². The van der Waals surface area contributed by atoms with Crippen LogP contribution in [0.15, 0.2) is 42.6 Å².